The second kappa shape index (κ2) is 10.8. The van der Waals surface area contributed by atoms with E-state index >= 15 is 0 Å². The van der Waals surface area contributed by atoms with Crippen molar-refractivity contribution in [3.63, 3.8) is 0 Å². The molecule has 2 N–H and O–H groups in total. The van der Waals surface area contributed by atoms with E-state index in [0.717, 1.165) is 29.5 Å². The van der Waals surface area contributed by atoms with Gasteiger partial charge in [-0.2, -0.15) is 0 Å². The van der Waals surface area contributed by atoms with Crippen LogP contribution in [0.2, 0.25) is 0 Å². The van der Waals surface area contributed by atoms with E-state index in [2.05, 4.69) is 39.0 Å². The van der Waals surface area contributed by atoms with Crippen LogP contribution in [-0.4, -0.2) is 33.6 Å². The summed E-state index contributed by atoms with van der Waals surface area (Å²) in [5.41, 5.74) is 8.91. The van der Waals surface area contributed by atoms with Crippen LogP contribution in [0, 0.1) is 0 Å². The van der Waals surface area contributed by atoms with Crippen LogP contribution in [0.5, 0.6) is 0 Å². The van der Waals surface area contributed by atoms with Crippen LogP contribution in [0.4, 0.5) is 0 Å². The van der Waals surface area contributed by atoms with Gasteiger partial charge < -0.3 is 15.0 Å². The minimum Gasteiger partial charge on any atom is -0.469 e. The van der Waals surface area contributed by atoms with E-state index in [1.54, 1.807) is 0 Å². The number of hydrogen-bond donors (Lipinski definition) is 1. The third-order valence-corrected chi connectivity index (χ3v) is 5.58. The maximum absolute atomic E-state index is 11.4. The molecule has 0 saturated heterocycles. The standard InChI is InChI=1S/C22H26N4O2S/c1-28-20(27)13-15-29-22-25-24-21(19(23)16-18-10-6-3-7-11-18)26(22)14-12-17-8-4-2-5-9-17/h2-11,19H,12-16,23H2,1H3/t19-/m0/s1. The molecule has 0 radical (unpaired) electrons. The van der Waals surface area contributed by atoms with Crippen LogP contribution in [0.1, 0.15) is 29.4 Å². The van der Waals surface area contributed by atoms with E-state index < -0.39 is 0 Å². The largest absolute Gasteiger partial charge is 0.469 e. The number of aromatic nitrogens is 3. The Morgan fingerprint density at radius 1 is 1.07 bits per heavy atom. The molecule has 2 aromatic carbocycles. The second-order valence-corrected chi connectivity index (χ2v) is 7.76. The molecule has 7 heteroatoms. The summed E-state index contributed by atoms with van der Waals surface area (Å²) in [5.74, 6) is 1.13. The van der Waals surface area contributed by atoms with Crippen molar-refractivity contribution < 1.29 is 9.53 Å². The molecular formula is C22H26N4O2S. The fourth-order valence-electron chi connectivity index (χ4n) is 3.06. The lowest BCUT2D eigenvalue weighted by molar-refractivity contribution is -0.140. The summed E-state index contributed by atoms with van der Waals surface area (Å²) >= 11 is 1.50. The molecule has 0 saturated carbocycles. The molecule has 0 unspecified atom stereocenters. The van der Waals surface area contributed by atoms with Gasteiger partial charge in [0, 0.05) is 12.3 Å². The first-order valence-corrected chi connectivity index (χ1v) is 10.6. The number of benzene rings is 2. The maximum atomic E-state index is 11.4. The lowest BCUT2D eigenvalue weighted by Crippen LogP contribution is -2.20. The second-order valence-electron chi connectivity index (χ2n) is 6.70. The first-order chi connectivity index (χ1) is 14.2. The van der Waals surface area contributed by atoms with Gasteiger partial charge in [0.25, 0.3) is 0 Å². The Morgan fingerprint density at radius 2 is 1.72 bits per heavy atom. The lowest BCUT2D eigenvalue weighted by Gasteiger charge is -2.15. The first-order valence-electron chi connectivity index (χ1n) is 9.63. The van der Waals surface area contributed by atoms with Crippen molar-refractivity contribution in [2.75, 3.05) is 12.9 Å². The number of rotatable bonds is 10. The molecule has 0 aliphatic heterocycles. The molecule has 0 amide bonds. The Kier molecular flexibility index (Phi) is 7.84. The number of thioether (sulfide) groups is 1. The number of hydrogen-bond acceptors (Lipinski definition) is 6. The van der Waals surface area contributed by atoms with Gasteiger partial charge in [0.1, 0.15) is 0 Å². The number of methoxy groups -OCH3 is 1. The minimum absolute atomic E-state index is 0.228. The Morgan fingerprint density at radius 3 is 2.38 bits per heavy atom. The fourth-order valence-corrected chi connectivity index (χ4v) is 3.95. The summed E-state index contributed by atoms with van der Waals surface area (Å²) in [7, 11) is 1.40. The van der Waals surface area contributed by atoms with Gasteiger partial charge in [-0.05, 0) is 24.0 Å². The van der Waals surface area contributed by atoms with E-state index in [1.165, 1.54) is 24.4 Å². The van der Waals surface area contributed by atoms with Gasteiger partial charge in [-0.3, -0.25) is 4.79 Å². The van der Waals surface area contributed by atoms with Crippen molar-refractivity contribution in [2.24, 2.45) is 5.73 Å². The molecule has 3 rings (SSSR count). The van der Waals surface area contributed by atoms with Gasteiger partial charge in [0.05, 0.1) is 19.6 Å². The lowest BCUT2D eigenvalue weighted by atomic mass is 10.1. The van der Waals surface area contributed by atoms with E-state index in [0.29, 0.717) is 18.6 Å². The molecule has 1 heterocycles. The summed E-state index contributed by atoms with van der Waals surface area (Å²) in [6.45, 7) is 0.732. The van der Waals surface area contributed by atoms with Crippen LogP contribution in [0.15, 0.2) is 65.8 Å². The van der Waals surface area contributed by atoms with Crippen LogP contribution in [-0.2, 0) is 28.9 Å². The minimum atomic E-state index is -0.254. The van der Waals surface area contributed by atoms with Crippen molar-refractivity contribution >= 4 is 17.7 Å². The van der Waals surface area contributed by atoms with Gasteiger partial charge in [0.2, 0.25) is 0 Å². The Bertz CT molecular complexity index is 900. The highest BCUT2D eigenvalue weighted by atomic mass is 32.2. The van der Waals surface area contributed by atoms with Gasteiger partial charge in [-0.15, -0.1) is 10.2 Å². The van der Waals surface area contributed by atoms with Crippen LogP contribution < -0.4 is 5.73 Å². The fraction of sp³-hybridized carbons (Fsp3) is 0.318. The first kappa shape index (κ1) is 21.1. The zero-order chi connectivity index (χ0) is 20.5. The Hall–Kier alpha value is -2.64. The van der Waals surface area contributed by atoms with E-state index in [9.17, 15) is 4.79 Å². The van der Waals surface area contributed by atoms with Gasteiger partial charge >= 0.3 is 5.97 Å². The molecule has 29 heavy (non-hydrogen) atoms. The predicted octanol–water partition coefficient (Wildman–Crippen LogP) is 3.42. The van der Waals surface area contributed by atoms with E-state index in [4.69, 9.17) is 10.5 Å². The molecule has 3 aromatic rings. The van der Waals surface area contributed by atoms with Crippen molar-refractivity contribution in [1.82, 2.24) is 14.8 Å². The number of nitrogens with two attached hydrogens (primary N) is 1. The summed E-state index contributed by atoms with van der Waals surface area (Å²) < 4.78 is 6.80. The number of esters is 1. The third-order valence-electron chi connectivity index (χ3n) is 4.61. The predicted molar refractivity (Wildman–Crippen MR) is 115 cm³/mol. The number of aryl methyl sites for hydroxylation is 1. The highest BCUT2D eigenvalue weighted by molar-refractivity contribution is 7.99. The zero-order valence-electron chi connectivity index (χ0n) is 16.5. The van der Waals surface area contributed by atoms with Crippen molar-refractivity contribution in [3.8, 4) is 0 Å². The van der Waals surface area contributed by atoms with E-state index in [-0.39, 0.29) is 12.0 Å². The number of ether oxygens (including phenoxy) is 1. The van der Waals surface area contributed by atoms with Crippen LogP contribution >= 0.6 is 11.8 Å². The summed E-state index contributed by atoms with van der Waals surface area (Å²) in [6.07, 6.45) is 1.88. The van der Waals surface area contributed by atoms with Crippen molar-refractivity contribution in [1.29, 1.82) is 0 Å². The SMILES string of the molecule is COC(=O)CCSc1nnc([C@@H](N)Cc2ccccc2)n1CCc1ccccc1. The van der Waals surface area contributed by atoms with Crippen LogP contribution in [0.25, 0.3) is 0 Å². The summed E-state index contributed by atoms with van der Waals surface area (Å²) in [5, 5.41) is 9.53. The number of nitrogens with zero attached hydrogens (tertiary/aromatic N) is 3. The molecule has 0 spiro atoms. The van der Waals surface area contributed by atoms with E-state index in [1.807, 2.05) is 36.4 Å². The van der Waals surface area contributed by atoms with Gasteiger partial charge in [0.15, 0.2) is 11.0 Å². The van der Waals surface area contributed by atoms with Crippen molar-refractivity contribution in [2.45, 2.75) is 37.0 Å². The van der Waals surface area contributed by atoms with Crippen LogP contribution in [0.3, 0.4) is 0 Å². The summed E-state index contributed by atoms with van der Waals surface area (Å²) in [6, 6.07) is 20.2. The summed E-state index contributed by atoms with van der Waals surface area (Å²) in [4.78, 5) is 11.4. The Balaban J connectivity index is 1.75. The number of carbonyl (C=O) groups excluding carboxylic acids is 1. The number of carbonyl (C=O) groups is 1. The molecular weight excluding hydrogens is 384 g/mol. The third kappa shape index (κ3) is 6.17. The molecule has 0 aliphatic carbocycles. The molecule has 152 valence electrons. The molecule has 0 fully saturated rings. The average Bonchev–Trinajstić information content (AvgIpc) is 3.16. The zero-order valence-corrected chi connectivity index (χ0v) is 17.3. The molecule has 6 nitrogen and oxygen atoms in total. The molecule has 1 atom stereocenters. The normalized spacial score (nSPS) is 11.9. The average molecular weight is 411 g/mol. The van der Waals surface area contributed by atoms with Gasteiger partial charge in [-0.25, -0.2) is 0 Å². The monoisotopic (exact) mass is 410 g/mol. The highest BCUT2D eigenvalue weighted by Crippen LogP contribution is 2.23. The van der Waals surface area contributed by atoms with Gasteiger partial charge in [-0.1, -0.05) is 72.4 Å². The molecule has 0 bridgehead atoms. The molecule has 0 aliphatic rings. The van der Waals surface area contributed by atoms with Crippen molar-refractivity contribution in [3.05, 3.63) is 77.6 Å². The molecule has 1 aromatic heterocycles. The highest BCUT2D eigenvalue weighted by Gasteiger charge is 2.19. The Labute approximate surface area is 175 Å². The quantitative estimate of drug-likeness (QED) is 0.407. The topological polar surface area (TPSA) is 83.0 Å². The smallest absolute Gasteiger partial charge is 0.306 e. The maximum Gasteiger partial charge on any atom is 0.306 e.